The lowest BCUT2D eigenvalue weighted by Gasteiger charge is -2.05. The minimum atomic E-state index is -0.222. The molecule has 1 aromatic carbocycles. The molecule has 2 aromatic rings. The van der Waals surface area contributed by atoms with Crippen LogP contribution in [0.3, 0.4) is 0 Å². The summed E-state index contributed by atoms with van der Waals surface area (Å²) in [5.41, 5.74) is 1.96. The summed E-state index contributed by atoms with van der Waals surface area (Å²) in [5, 5.41) is 11.7. The van der Waals surface area contributed by atoms with E-state index in [1.807, 2.05) is 0 Å². The van der Waals surface area contributed by atoms with Crippen LogP contribution >= 0.6 is 15.9 Å². The van der Waals surface area contributed by atoms with Gasteiger partial charge in [-0.1, -0.05) is 12.1 Å². The van der Waals surface area contributed by atoms with Gasteiger partial charge in [0, 0.05) is 22.6 Å². The maximum atomic E-state index is 11.9. The number of amides is 1. The molecule has 0 aliphatic rings. The topological polar surface area (TPSA) is 62.2 Å². The van der Waals surface area contributed by atoms with Gasteiger partial charge in [-0.3, -0.25) is 9.78 Å². The van der Waals surface area contributed by atoms with E-state index in [1.165, 1.54) is 6.20 Å². The van der Waals surface area contributed by atoms with E-state index >= 15 is 0 Å². The van der Waals surface area contributed by atoms with Crippen molar-refractivity contribution in [1.29, 1.82) is 0 Å². The van der Waals surface area contributed by atoms with E-state index in [4.69, 9.17) is 5.11 Å². The maximum Gasteiger partial charge on any atom is 0.257 e. The Morgan fingerprint density at radius 2 is 2.00 bits per heavy atom. The zero-order chi connectivity index (χ0) is 13.0. The van der Waals surface area contributed by atoms with E-state index in [-0.39, 0.29) is 12.5 Å². The molecule has 5 heteroatoms. The first-order valence-electron chi connectivity index (χ1n) is 5.31. The Kier molecular flexibility index (Phi) is 4.07. The number of pyridine rings is 1. The van der Waals surface area contributed by atoms with Gasteiger partial charge in [0.1, 0.15) is 0 Å². The van der Waals surface area contributed by atoms with E-state index < -0.39 is 0 Å². The molecule has 1 amide bonds. The highest BCUT2D eigenvalue weighted by Gasteiger charge is 2.06. The molecule has 0 atom stereocenters. The average Bonchev–Trinajstić information content (AvgIpc) is 2.39. The number of aromatic nitrogens is 1. The van der Waals surface area contributed by atoms with Gasteiger partial charge in [-0.05, 0) is 39.7 Å². The van der Waals surface area contributed by atoms with Gasteiger partial charge in [-0.25, -0.2) is 0 Å². The first kappa shape index (κ1) is 12.7. The predicted octanol–water partition coefficient (Wildman–Crippen LogP) is 2.59. The second kappa shape index (κ2) is 5.75. The summed E-state index contributed by atoms with van der Waals surface area (Å²) in [7, 11) is 0. The molecular formula is C13H11BrN2O2. The van der Waals surface area contributed by atoms with Crippen LogP contribution in [0.5, 0.6) is 0 Å². The number of rotatable bonds is 3. The fourth-order valence-corrected chi connectivity index (χ4v) is 1.80. The fourth-order valence-electron chi connectivity index (χ4n) is 1.43. The zero-order valence-corrected chi connectivity index (χ0v) is 11.0. The quantitative estimate of drug-likeness (QED) is 0.916. The molecule has 0 saturated carbocycles. The monoisotopic (exact) mass is 306 g/mol. The van der Waals surface area contributed by atoms with Gasteiger partial charge in [-0.15, -0.1) is 0 Å². The molecule has 0 aliphatic carbocycles. The summed E-state index contributed by atoms with van der Waals surface area (Å²) in [6, 6.07) is 8.71. The molecule has 0 unspecified atom stereocenters. The number of aliphatic hydroxyl groups is 1. The minimum absolute atomic E-state index is 0.0101. The van der Waals surface area contributed by atoms with Crippen LogP contribution in [0.4, 0.5) is 5.69 Å². The van der Waals surface area contributed by atoms with Crippen LogP contribution < -0.4 is 5.32 Å². The minimum Gasteiger partial charge on any atom is -0.392 e. The summed E-state index contributed by atoms with van der Waals surface area (Å²) < 4.78 is 0.755. The summed E-state index contributed by atoms with van der Waals surface area (Å²) in [6.07, 6.45) is 3.12. The van der Waals surface area contributed by atoms with Crippen molar-refractivity contribution >= 4 is 27.5 Å². The van der Waals surface area contributed by atoms with Gasteiger partial charge < -0.3 is 10.4 Å². The van der Waals surface area contributed by atoms with Crippen molar-refractivity contribution in [2.24, 2.45) is 0 Å². The van der Waals surface area contributed by atoms with Crippen LogP contribution in [0.2, 0.25) is 0 Å². The van der Waals surface area contributed by atoms with Crippen LogP contribution in [-0.4, -0.2) is 16.0 Å². The van der Waals surface area contributed by atoms with Crippen molar-refractivity contribution in [3.8, 4) is 0 Å². The van der Waals surface area contributed by atoms with E-state index in [1.54, 1.807) is 36.5 Å². The third-order valence-electron chi connectivity index (χ3n) is 2.36. The number of halogens is 1. The van der Waals surface area contributed by atoms with Crippen molar-refractivity contribution in [2.45, 2.75) is 6.61 Å². The number of carbonyl (C=O) groups is 1. The molecule has 0 fully saturated rings. The lowest BCUT2D eigenvalue weighted by molar-refractivity contribution is 0.102. The molecule has 0 radical (unpaired) electrons. The number of hydrogen-bond donors (Lipinski definition) is 2. The van der Waals surface area contributed by atoms with Crippen molar-refractivity contribution < 1.29 is 9.90 Å². The van der Waals surface area contributed by atoms with E-state index in [9.17, 15) is 4.79 Å². The third-order valence-corrected chi connectivity index (χ3v) is 2.80. The molecule has 92 valence electrons. The van der Waals surface area contributed by atoms with E-state index in [2.05, 4.69) is 26.2 Å². The molecule has 2 N–H and O–H groups in total. The summed E-state index contributed by atoms with van der Waals surface area (Å²) >= 11 is 3.26. The number of nitrogens with zero attached hydrogens (tertiary/aromatic N) is 1. The molecule has 2 rings (SSSR count). The van der Waals surface area contributed by atoms with Crippen LogP contribution in [0.1, 0.15) is 15.9 Å². The van der Waals surface area contributed by atoms with Crippen LogP contribution in [0, 0.1) is 0 Å². The average molecular weight is 307 g/mol. The molecule has 0 spiro atoms. The summed E-state index contributed by atoms with van der Waals surface area (Å²) in [5.74, 6) is -0.222. The number of benzene rings is 1. The Balaban J connectivity index is 2.11. The van der Waals surface area contributed by atoms with Gasteiger partial charge in [0.25, 0.3) is 5.91 Å². The van der Waals surface area contributed by atoms with E-state index in [0.29, 0.717) is 11.3 Å². The molecule has 4 nitrogen and oxygen atoms in total. The SMILES string of the molecule is O=C(Nc1ccc(CO)cc1)c1cncc(Br)c1. The molecule has 0 aliphatic heterocycles. The van der Waals surface area contributed by atoms with Crippen LogP contribution in [0.15, 0.2) is 47.2 Å². The first-order chi connectivity index (χ1) is 8.69. The van der Waals surface area contributed by atoms with Gasteiger partial charge in [-0.2, -0.15) is 0 Å². The Morgan fingerprint density at radius 1 is 1.28 bits per heavy atom. The number of nitrogens with one attached hydrogen (secondary N) is 1. The number of carbonyl (C=O) groups excluding carboxylic acids is 1. The van der Waals surface area contributed by atoms with Gasteiger partial charge in [0.2, 0.25) is 0 Å². The Morgan fingerprint density at radius 3 is 2.61 bits per heavy atom. The largest absolute Gasteiger partial charge is 0.392 e. The highest BCUT2D eigenvalue weighted by atomic mass is 79.9. The van der Waals surface area contributed by atoms with Gasteiger partial charge in [0.15, 0.2) is 0 Å². The second-order valence-electron chi connectivity index (χ2n) is 3.70. The number of aliphatic hydroxyl groups excluding tert-OH is 1. The van der Waals surface area contributed by atoms with Crippen LogP contribution in [0.25, 0.3) is 0 Å². The summed E-state index contributed by atoms with van der Waals surface area (Å²) in [4.78, 5) is 15.8. The zero-order valence-electron chi connectivity index (χ0n) is 9.43. The smallest absolute Gasteiger partial charge is 0.257 e. The van der Waals surface area contributed by atoms with Crippen molar-refractivity contribution in [2.75, 3.05) is 5.32 Å². The molecule has 1 aromatic heterocycles. The summed E-state index contributed by atoms with van der Waals surface area (Å²) in [6.45, 7) is -0.0101. The van der Waals surface area contributed by atoms with Crippen LogP contribution in [-0.2, 0) is 6.61 Å². The van der Waals surface area contributed by atoms with Gasteiger partial charge >= 0.3 is 0 Å². The highest BCUT2D eigenvalue weighted by Crippen LogP contribution is 2.13. The number of anilines is 1. The van der Waals surface area contributed by atoms with E-state index in [0.717, 1.165) is 10.0 Å². The number of hydrogen-bond acceptors (Lipinski definition) is 3. The first-order valence-corrected chi connectivity index (χ1v) is 6.10. The Labute approximate surface area is 113 Å². The Bertz CT molecular complexity index is 555. The standard InChI is InChI=1S/C13H11BrN2O2/c14-11-5-10(6-15-7-11)13(18)16-12-3-1-9(8-17)2-4-12/h1-7,17H,8H2,(H,16,18). The lowest BCUT2D eigenvalue weighted by Crippen LogP contribution is -2.12. The maximum absolute atomic E-state index is 11.9. The molecular weight excluding hydrogens is 296 g/mol. The highest BCUT2D eigenvalue weighted by molar-refractivity contribution is 9.10. The normalized spacial score (nSPS) is 10.1. The fraction of sp³-hybridized carbons (Fsp3) is 0.0769. The molecule has 1 heterocycles. The molecule has 18 heavy (non-hydrogen) atoms. The third kappa shape index (κ3) is 3.15. The molecule has 0 saturated heterocycles. The Hall–Kier alpha value is -1.72. The second-order valence-corrected chi connectivity index (χ2v) is 4.62. The van der Waals surface area contributed by atoms with Crippen molar-refractivity contribution in [1.82, 2.24) is 4.98 Å². The van der Waals surface area contributed by atoms with Crippen molar-refractivity contribution in [3.05, 3.63) is 58.3 Å². The predicted molar refractivity (Wildman–Crippen MR) is 72.3 cm³/mol. The molecule has 0 bridgehead atoms. The van der Waals surface area contributed by atoms with Crippen molar-refractivity contribution in [3.63, 3.8) is 0 Å². The lowest BCUT2D eigenvalue weighted by atomic mass is 10.2. The van der Waals surface area contributed by atoms with Gasteiger partial charge in [0.05, 0.1) is 12.2 Å².